The number of likely N-dealkylation sites (N-methyl/N-ethyl adjacent to an activating group) is 1. The molecule has 1 aliphatic rings. The molecule has 0 atom stereocenters. The SMILES string of the molecule is CN1CCN(CC(C)(C)N)CC1=O. The van der Waals surface area contributed by atoms with Crippen LogP contribution in [0.3, 0.4) is 0 Å². The molecule has 0 aliphatic carbocycles. The Balaban J connectivity index is 2.42. The lowest BCUT2D eigenvalue weighted by Gasteiger charge is -2.35. The van der Waals surface area contributed by atoms with E-state index in [0.717, 1.165) is 19.6 Å². The van der Waals surface area contributed by atoms with Crippen LogP contribution < -0.4 is 5.73 Å². The molecule has 1 rings (SSSR count). The smallest absolute Gasteiger partial charge is 0.236 e. The van der Waals surface area contributed by atoms with Gasteiger partial charge in [0, 0.05) is 32.2 Å². The first-order valence-electron chi connectivity index (χ1n) is 4.64. The van der Waals surface area contributed by atoms with Crippen LogP contribution in [-0.4, -0.2) is 54.5 Å². The summed E-state index contributed by atoms with van der Waals surface area (Å²) in [7, 11) is 1.84. The van der Waals surface area contributed by atoms with Gasteiger partial charge in [-0.1, -0.05) is 0 Å². The fraction of sp³-hybridized carbons (Fsp3) is 0.889. The normalized spacial score (nSPS) is 20.9. The number of nitrogens with two attached hydrogens (primary N) is 1. The van der Waals surface area contributed by atoms with Crippen LogP contribution in [0.4, 0.5) is 0 Å². The molecule has 1 heterocycles. The summed E-state index contributed by atoms with van der Waals surface area (Å²) >= 11 is 0. The molecule has 13 heavy (non-hydrogen) atoms. The third-order valence-electron chi connectivity index (χ3n) is 2.17. The number of nitrogens with zero attached hydrogens (tertiary/aromatic N) is 2. The van der Waals surface area contributed by atoms with Gasteiger partial charge in [0.15, 0.2) is 0 Å². The van der Waals surface area contributed by atoms with E-state index in [1.54, 1.807) is 4.90 Å². The molecule has 0 spiro atoms. The molecule has 0 radical (unpaired) electrons. The zero-order valence-electron chi connectivity index (χ0n) is 8.71. The minimum atomic E-state index is -0.212. The van der Waals surface area contributed by atoms with Crippen LogP contribution in [0.15, 0.2) is 0 Å². The van der Waals surface area contributed by atoms with Crippen molar-refractivity contribution in [2.24, 2.45) is 5.73 Å². The summed E-state index contributed by atoms with van der Waals surface area (Å²) in [6.07, 6.45) is 0. The Labute approximate surface area is 79.7 Å². The quantitative estimate of drug-likeness (QED) is 0.631. The maximum absolute atomic E-state index is 11.3. The number of hydrogen-bond donors (Lipinski definition) is 1. The molecule has 1 fully saturated rings. The fourth-order valence-corrected chi connectivity index (χ4v) is 1.52. The number of rotatable bonds is 2. The van der Waals surface area contributed by atoms with Crippen molar-refractivity contribution in [3.05, 3.63) is 0 Å². The predicted molar refractivity (Wildman–Crippen MR) is 52.3 cm³/mol. The Morgan fingerprint density at radius 2 is 2.08 bits per heavy atom. The van der Waals surface area contributed by atoms with Crippen LogP contribution in [0.25, 0.3) is 0 Å². The molecular formula is C9H19N3O. The summed E-state index contributed by atoms with van der Waals surface area (Å²) in [6, 6.07) is 0. The second-order valence-electron chi connectivity index (χ2n) is 4.51. The standard InChI is InChI=1S/C9H19N3O/c1-9(2,10)7-12-5-4-11(3)8(13)6-12/h4-7,10H2,1-3H3. The Kier molecular flexibility index (Phi) is 2.93. The van der Waals surface area contributed by atoms with Crippen LogP contribution in [-0.2, 0) is 4.79 Å². The van der Waals surface area contributed by atoms with Crippen molar-refractivity contribution >= 4 is 5.91 Å². The van der Waals surface area contributed by atoms with Crippen molar-refractivity contribution < 1.29 is 4.79 Å². The van der Waals surface area contributed by atoms with Crippen LogP contribution in [0.2, 0.25) is 0 Å². The number of hydrogen-bond acceptors (Lipinski definition) is 3. The molecule has 4 heteroatoms. The molecule has 0 aromatic rings. The van der Waals surface area contributed by atoms with Gasteiger partial charge in [-0.05, 0) is 13.8 Å². The molecule has 1 amide bonds. The van der Waals surface area contributed by atoms with Gasteiger partial charge in [0.2, 0.25) is 5.91 Å². The summed E-state index contributed by atoms with van der Waals surface area (Å²) in [6.45, 7) is 7.01. The van der Waals surface area contributed by atoms with Gasteiger partial charge in [0.25, 0.3) is 0 Å². The van der Waals surface area contributed by atoms with Crippen LogP contribution in [0.5, 0.6) is 0 Å². The summed E-state index contributed by atoms with van der Waals surface area (Å²) in [5, 5.41) is 0. The highest BCUT2D eigenvalue weighted by Crippen LogP contribution is 2.06. The number of amides is 1. The largest absolute Gasteiger partial charge is 0.343 e. The van der Waals surface area contributed by atoms with Crippen molar-refractivity contribution in [1.29, 1.82) is 0 Å². The summed E-state index contributed by atoms with van der Waals surface area (Å²) in [5.41, 5.74) is 5.67. The Morgan fingerprint density at radius 1 is 1.46 bits per heavy atom. The van der Waals surface area contributed by atoms with Gasteiger partial charge >= 0.3 is 0 Å². The van der Waals surface area contributed by atoms with E-state index in [1.165, 1.54) is 0 Å². The van der Waals surface area contributed by atoms with Crippen molar-refractivity contribution in [3.8, 4) is 0 Å². The molecule has 0 unspecified atom stereocenters. The molecule has 0 aromatic carbocycles. The van der Waals surface area contributed by atoms with E-state index in [2.05, 4.69) is 4.90 Å². The van der Waals surface area contributed by atoms with E-state index in [-0.39, 0.29) is 11.4 Å². The van der Waals surface area contributed by atoms with Gasteiger partial charge < -0.3 is 10.6 Å². The summed E-state index contributed by atoms with van der Waals surface area (Å²) < 4.78 is 0. The zero-order valence-corrected chi connectivity index (χ0v) is 8.71. The molecule has 76 valence electrons. The molecule has 1 saturated heterocycles. The molecular weight excluding hydrogens is 166 g/mol. The first kappa shape index (κ1) is 10.5. The van der Waals surface area contributed by atoms with E-state index < -0.39 is 0 Å². The summed E-state index contributed by atoms with van der Waals surface area (Å²) in [4.78, 5) is 15.2. The van der Waals surface area contributed by atoms with Crippen LogP contribution in [0, 0.1) is 0 Å². The second-order valence-corrected chi connectivity index (χ2v) is 4.51. The van der Waals surface area contributed by atoms with Crippen LogP contribution in [0.1, 0.15) is 13.8 Å². The van der Waals surface area contributed by atoms with Crippen molar-refractivity contribution in [2.75, 3.05) is 33.2 Å². The van der Waals surface area contributed by atoms with Crippen LogP contribution >= 0.6 is 0 Å². The minimum Gasteiger partial charge on any atom is -0.343 e. The highest BCUT2D eigenvalue weighted by atomic mass is 16.2. The van der Waals surface area contributed by atoms with E-state index in [1.807, 2.05) is 20.9 Å². The average molecular weight is 185 g/mol. The average Bonchev–Trinajstić information content (AvgIpc) is 1.94. The van der Waals surface area contributed by atoms with Gasteiger partial charge in [-0.25, -0.2) is 0 Å². The van der Waals surface area contributed by atoms with Gasteiger partial charge in [-0.3, -0.25) is 9.69 Å². The minimum absolute atomic E-state index is 0.190. The van der Waals surface area contributed by atoms with Gasteiger partial charge in [-0.2, -0.15) is 0 Å². The molecule has 0 aromatic heterocycles. The topological polar surface area (TPSA) is 49.6 Å². The van der Waals surface area contributed by atoms with Gasteiger partial charge in [0.1, 0.15) is 0 Å². The van der Waals surface area contributed by atoms with Crippen molar-refractivity contribution in [3.63, 3.8) is 0 Å². The highest BCUT2D eigenvalue weighted by molar-refractivity contribution is 5.78. The van der Waals surface area contributed by atoms with E-state index >= 15 is 0 Å². The number of carbonyl (C=O) groups is 1. The number of piperazine rings is 1. The lowest BCUT2D eigenvalue weighted by Crippen LogP contribution is -2.54. The lowest BCUT2D eigenvalue weighted by atomic mass is 10.1. The molecule has 4 nitrogen and oxygen atoms in total. The third-order valence-corrected chi connectivity index (χ3v) is 2.17. The maximum Gasteiger partial charge on any atom is 0.236 e. The summed E-state index contributed by atoms with van der Waals surface area (Å²) in [5.74, 6) is 0.190. The Hall–Kier alpha value is -0.610. The lowest BCUT2D eigenvalue weighted by molar-refractivity contribution is -0.134. The number of carbonyl (C=O) groups excluding carboxylic acids is 1. The highest BCUT2D eigenvalue weighted by Gasteiger charge is 2.24. The molecule has 0 saturated carbocycles. The first-order chi connectivity index (χ1) is 5.88. The maximum atomic E-state index is 11.3. The van der Waals surface area contributed by atoms with Crippen molar-refractivity contribution in [1.82, 2.24) is 9.80 Å². The van der Waals surface area contributed by atoms with E-state index in [9.17, 15) is 4.79 Å². The predicted octanol–water partition coefficient (Wildman–Crippen LogP) is -0.502. The Morgan fingerprint density at radius 3 is 2.54 bits per heavy atom. The van der Waals surface area contributed by atoms with Crippen molar-refractivity contribution in [2.45, 2.75) is 19.4 Å². The molecule has 2 N–H and O–H groups in total. The van der Waals surface area contributed by atoms with E-state index in [0.29, 0.717) is 6.54 Å². The van der Waals surface area contributed by atoms with E-state index in [4.69, 9.17) is 5.73 Å². The third kappa shape index (κ3) is 3.32. The zero-order chi connectivity index (χ0) is 10.1. The molecule has 1 aliphatic heterocycles. The van der Waals surface area contributed by atoms with Gasteiger partial charge in [-0.15, -0.1) is 0 Å². The van der Waals surface area contributed by atoms with Gasteiger partial charge in [0.05, 0.1) is 6.54 Å². The first-order valence-corrected chi connectivity index (χ1v) is 4.64. The monoisotopic (exact) mass is 185 g/mol. The fourth-order valence-electron chi connectivity index (χ4n) is 1.52. The molecule has 0 bridgehead atoms. The Bertz CT molecular complexity index is 198. The second kappa shape index (κ2) is 3.64.